The van der Waals surface area contributed by atoms with Gasteiger partial charge in [-0.15, -0.1) is 0 Å². The van der Waals surface area contributed by atoms with E-state index in [1.54, 1.807) is 6.07 Å². The molecule has 0 bridgehead atoms. The Morgan fingerprint density at radius 2 is 2.42 bits per heavy atom. The van der Waals surface area contributed by atoms with Crippen LogP contribution in [0.3, 0.4) is 0 Å². The highest BCUT2D eigenvalue weighted by Crippen LogP contribution is 2.36. The van der Waals surface area contributed by atoms with Crippen LogP contribution in [0.5, 0.6) is 5.75 Å². The summed E-state index contributed by atoms with van der Waals surface area (Å²) in [6, 6.07) is 6.70. The van der Waals surface area contributed by atoms with Gasteiger partial charge in [-0.2, -0.15) is 5.26 Å². The van der Waals surface area contributed by atoms with Crippen LogP contribution in [0.25, 0.3) is 0 Å². The minimum absolute atomic E-state index is 0.00260. The third kappa shape index (κ3) is 2.66. The summed E-state index contributed by atoms with van der Waals surface area (Å²) in [5.41, 5.74) is 0.0641. The molecule has 1 atom stereocenters. The van der Waals surface area contributed by atoms with Crippen molar-refractivity contribution in [2.75, 3.05) is 20.3 Å². The van der Waals surface area contributed by atoms with Crippen molar-refractivity contribution in [3.05, 3.63) is 33.9 Å². The SMILES string of the molecule is COc1ccc([N+](=O)[O-])cc1CC1(C#N)CCOC1. The smallest absolute Gasteiger partial charge is 0.269 e. The van der Waals surface area contributed by atoms with Crippen molar-refractivity contribution in [1.82, 2.24) is 0 Å². The van der Waals surface area contributed by atoms with E-state index in [-0.39, 0.29) is 5.69 Å². The second-order valence-corrected chi connectivity index (χ2v) is 4.62. The molecule has 1 heterocycles. The van der Waals surface area contributed by atoms with E-state index in [1.165, 1.54) is 19.2 Å². The van der Waals surface area contributed by atoms with E-state index in [9.17, 15) is 15.4 Å². The van der Waals surface area contributed by atoms with Crippen LogP contribution in [-0.4, -0.2) is 25.2 Å². The molecular formula is C13H14N2O4. The van der Waals surface area contributed by atoms with Crippen LogP contribution in [0.15, 0.2) is 18.2 Å². The summed E-state index contributed by atoms with van der Waals surface area (Å²) in [7, 11) is 1.51. The fourth-order valence-corrected chi connectivity index (χ4v) is 2.26. The number of nitro benzene ring substituents is 1. The van der Waals surface area contributed by atoms with Gasteiger partial charge in [0, 0.05) is 24.3 Å². The number of nitriles is 1. The van der Waals surface area contributed by atoms with Crippen LogP contribution in [0.2, 0.25) is 0 Å². The molecule has 0 N–H and O–H groups in total. The zero-order valence-electron chi connectivity index (χ0n) is 10.6. The maximum absolute atomic E-state index is 10.8. The first-order chi connectivity index (χ1) is 9.10. The Morgan fingerprint density at radius 1 is 1.63 bits per heavy atom. The number of methoxy groups -OCH3 is 1. The molecule has 0 amide bonds. The van der Waals surface area contributed by atoms with Crippen LogP contribution in [0.4, 0.5) is 5.69 Å². The Balaban J connectivity index is 2.34. The summed E-state index contributed by atoms with van der Waals surface area (Å²) in [6.45, 7) is 0.903. The number of non-ortho nitro benzene ring substituents is 1. The van der Waals surface area contributed by atoms with Gasteiger partial charge in [-0.1, -0.05) is 0 Å². The monoisotopic (exact) mass is 262 g/mol. The highest BCUT2D eigenvalue weighted by molar-refractivity contribution is 5.44. The number of ether oxygens (including phenoxy) is 2. The Labute approximate surface area is 110 Å². The van der Waals surface area contributed by atoms with E-state index in [1.807, 2.05) is 0 Å². The fraction of sp³-hybridized carbons (Fsp3) is 0.462. The molecule has 1 aliphatic heterocycles. The van der Waals surface area contributed by atoms with Gasteiger partial charge in [-0.3, -0.25) is 10.1 Å². The molecule has 1 unspecified atom stereocenters. The van der Waals surface area contributed by atoms with Crippen LogP contribution in [0.1, 0.15) is 12.0 Å². The Hall–Kier alpha value is -2.13. The lowest BCUT2D eigenvalue weighted by molar-refractivity contribution is -0.384. The van der Waals surface area contributed by atoms with E-state index < -0.39 is 10.3 Å². The molecule has 0 spiro atoms. The first-order valence-electron chi connectivity index (χ1n) is 5.90. The first-order valence-corrected chi connectivity index (χ1v) is 5.90. The zero-order valence-corrected chi connectivity index (χ0v) is 10.6. The zero-order chi connectivity index (χ0) is 13.9. The summed E-state index contributed by atoms with van der Waals surface area (Å²) in [4.78, 5) is 10.4. The molecule has 100 valence electrons. The second kappa shape index (κ2) is 5.24. The van der Waals surface area contributed by atoms with Gasteiger partial charge in [0.1, 0.15) is 5.75 Å². The normalized spacial score (nSPS) is 21.9. The van der Waals surface area contributed by atoms with Gasteiger partial charge in [-0.25, -0.2) is 0 Å². The molecule has 1 aromatic rings. The molecule has 2 rings (SSSR count). The minimum Gasteiger partial charge on any atom is -0.496 e. The molecule has 0 aromatic heterocycles. The van der Waals surface area contributed by atoms with Crippen LogP contribution < -0.4 is 4.74 Å². The van der Waals surface area contributed by atoms with E-state index in [0.29, 0.717) is 37.4 Å². The van der Waals surface area contributed by atoms with Gasteiger partial charge in [0.2, 0.25) is 0 Å². The lowest BCUT2D eigenvalue weighted by atomic mass is 9.82. The van der Waals surface area contributed by atoms with Crippen molar-refractivity contribution in [3.63, 3.8) is 0 Å². The Morgan fingerprint density at radius 3 is 2.95 bits per heavy atom. The van der Waals surface area contributed by atoms with Crippen LogP contribution in [-0.2, 0) is 11.2 Å². The molecular weight excluding hydrogens is 248 g/mol. The number of hydrogen-bond donors (Lipinski definition) is 0. The topological polar surface area (TPSA) is 85.4 Å². The van der Waals surface area contributed by atoms with E-state index in [4.69, 9.17) is 9.47 Å². The van der Waals surface area contributed by atoms with Gasteiger partial charge in [0.15, 0.2) is 0 Å². The molecule has 19 heavy (non-hydrogen) atoms. The van der Waals surface area contributed by atoms with Crippen molar-refractivity contribution >= 4 is 5.69 Å². The predicted octanol–water partition coefficient (Wildman–Crippen LogP) is 2.08. The molecule has 0 aliphatic carbocycles. The average molecular weight is 262 g/mol. The maximum Gasteiger partial charge on any atom is 0.269 e. The van der Waals surface area contributed by atoms with Gasteiger partial charge in [0.05, 0.1) is 30.1 Å². The molecule has 0 radical (unpaired) electrons. The van der Waals surface area contributed by atoms with Gasteiger partial charge in [0.25, 0.3) is 5.69 Å². The molecule has 6 heteroatoms. The molecule has 1 aromatic carbocycles. The predicted molar refractivity (Wildman–Crippen MR) is 66.8 cm³/mol. The highest BCUT2D eigenvalue weighted by Gasteiger charge is 2.36. The van der Waals surface area contributed by atoms with Crippen molar-refractivity contribution < 1.29 is 14.4 Å². The first kappa shape index (κ1) is 13.3. The Bertz CT molecular complexity index is 530. The van der Waals surface area contributed by atoms with Crippen molar-refractivity contribution in [2.45, 2.75) is 12.8 Å². The van der Waals surface area contributed by atoms with Crippen molar-refractivity contribution in [2.24, 2.45) is 5.41 Å². The molecule has 0 saturated carbocycles. The van der Waals surface area contributed by atoms with E-state index in [2.05, 4.69) is 6.07 Å². The van der Waals surface area contributed by atoms with Crippen LogP contribution >= 0.6 is 0 Å². The largest absolute Gasteiger partial charge is 0.496 e. The quantitative estimate of drug-likeness (QED) is 0.612. The Kier molecular flexibility index (Phi) is 3.67. The third-order valence-electron chi connectivity index (χ3n) is 3.34. The summed E-state index contributed by atoms with van der Waals surface area (Å²) >= 11 is 0. The maximum atomic E-state index is 10.8. The van der Waals surface area contributed by atoms with Crippen molar-refractivity contribution in [3.8, 4) is 11.8 Å². The average Bonchev–Trinajstić information content (AvgIpc) is 2.87. The lowest BCUT2D eigenvalue weighted by Crippen LogP contribution is -2.22. The van der Waals surface area contributed by atoms with E-state index in [0.717, 1.165) is 0 Å². The molecule has 1 fully saturated rings. The lowest BCUT2D eigenvalue weighted by Gasteiger charge is -2.19. The summed E-state index contributed by atoms with van der Waals surface area (Å²) < 4.78 is 10.5. The highest BCUT2D eigenvalue weighted by atomic mass is 16.6. The number of nitrogens with zero attached hydrogens (tertiary/aromatic N) is 2. The fourth-order valence-electron chi connectivity index (χ4n) is 2.26. The standard InChI is InChI=1S/C13H14N2O4/c1-18-12-3-2-11(15(16)17)6-10(12)7-13(8-14)4-5-19-9-13/h2-3,6H,4-5,7,9H2,1H3. The summed E-state index contributed by atoms with van der Waals surface area (Å²) in [5.74, 6) is 0.562. The van der Waals surface area contributed by atoms with Gasteiger partial charge >= 0.3 is 0 Å². The third-order valence-corrected chi connectivity index (χ3v) is 3.34. The molecule has 1 saturated heterocycles. The van der Waals surface area contributed by atoms with Crippen molar-refractivity contribution in [1.29, 1.82) is 5.26 Å². The minimum atomic E-state index is -0.609. The number of nitro groups is 1. The van der Waals surface area contributed by atoms with E-state index >= 15 is 0 Å². The second-order valence-electron chi connectivity index (χ2n) is 4.62. The number of rotatable bonds is 4. The van der Waals surface area contributed by atoms with Gasteiger partial charge in [-0.05, 0) is 18.9 Å². The summed E-state index contributed by atoms with van der Waals surface area (Å²) in [5, 5.41) is 20.1. The van der Waals surface area contributed by atoms with Crippen LogP contribution in [0, 0.1) is 26.9 Å². The number of hydrogen-bond acceptors (Lipinski definition) is 5. The molecule has 6 nitrogen and oxygen atoms in total. The summed E-state index contributed by atoms with van der Waals surface area (Å²) in [6.07, 6.45) is 1.03. The molecule has 1 aliphatic rings. The number of benzene rings is 1. The van der Waals surface area contributed by atoms with Gasteiger partial charge < -0.3 is 9.47 Å².